The first-order valence-electron chi connectivity index (χ1n) is 9.53. The Bertz CT molecular complexity index is 1060. The average Bonchev–Trinajstić information content (AvgIpc) is 2.76. The van der Waals surface area contributed by atoms with Gasteiger partial charge in [-0.15, -0.1) is 0 Å². The van der Waals surface area contributed by atoms with Crippen LogP contribution >= 0.6 is 0 Å². The van der Waals surface area contributed by atoms with E-state index < -0.39 is 5.97 Å². The van der Waals surface area contributed by atoms with E-state index in [0.717, 1.165) is 24.2 Å². The largest absolute Gasteiger partial charge is 0.480 e. The monoisotopic (exact) mass is 384 g/mol. The Morgan fingerprint density at radius 2 is 1.31 bits per heavy atom. The summed E-state index contributed by atoms with van der Waals surface area (Å²) in [6.45, 7) is -0.278. The second-order valence-corrected chi connectivity index (χ2v) is 6.70. The standard InChI is InChI=1S/C23H19N.C2H5NO2/c1-3-9-18(10-4-1)15-21-17-20-13-7-8-14-22(20)23(24-21)16-19-11-5-2-6-12-19;3-1-2(4)5/h1-14,17H,15-16H2;1,3H2,(H,4,5). The molecule has 1 aromatic heterocycles. The molecule has 29 heavy (non-hydrogen) atoms. The van der Waals surface area contributed by atoms with Crippen LogP contribution in [0.1, 0.15) is 22.5 Å². The molecular formula is C25H24N2O2. The van der Waals surface area contributed by atoms with Gasteiger partial charge in [0.2, 0.25) is 0 Å². The van der Waals surface area contributed by atoms with Crippen LogP contribution in [0.15, 0.2) is 91.0 Å². The topological polar surface area (TPSA) is 76.2 Å². The highest BCUT2D eigenvalue weighted by molar-refractivity contribution is 5.85. The first-order valence-corrected chi connectivity index (χ1v) is 9.53. The molecule has 0 aliphatic carbocycles. The molecule has 146 valence electrons. The molecule has 3 N–H and O–H groups in total. The summed E-state index contributed by atoms with van der Waals surface area (Å²) in [6.07, 6.45) is 1.73. The van der Waals surface area contributed by atoms with Crippen LogP contribution in [-0.2, 0) is 17.6 Å². The Labute approximate surface area is 170 Å². The average molecular weight is 384 g/mol. The zero-order chi connectivity index (χ0) is 20.5. The Morgan fingerprint density at radius 1 is 0.793 bits per heavy atom. The lowest BCUT2D eigenvalue weighted by Gasteiger charge is -2.10. The van der Waals surface area contributed by atoms with Crippen LogP contribution in [0, 0.1) is 0 Å². The minimum Gasteiger partial charge on any atom is -0.480 e. The van der Waals surface area contributed by atoms with Gasteiger partial charge in [-0.05, 0) is 22.6 Å². The molecule has 4 nitrogen and oxygen atoms in total. The van der Waals surface area contributed by atoms with Crippen LogP contribution in [0.4, 0.5) is 0 Å². The maximum Gasteiger partial charge on any atom is 0.317 e. The summed E-state index contributed by atoms with van der Waals surface area (Å²) < 4.78 is 0. The number of nitrogens with two attached hydrogens (primary N) is 1. The Hall–Kier alpha value is -3.50. The number of aliphatic carboxylic acids is 1. The third kappa shape index (κ3) is 5.99. The highest BCUT2D eigenvalue weighted by atomic mass is 16.4. The number of aromatic nitrogens is 1. The number of carboxylic acid groups (broad SMARTS) is 1. The summed E-state index contributed by atoms with van der Waals surface area (Å²) in [5.41, 5.74) is 9.46. The molecule has 0 fully saturated rings. The van der Waals surface area contributed by atoms with Gasteiger partial charge in [0.05, 0.1) is 12.2 Å². The molecule has 1 heterocycles. The molecule has 0 aliphatic heterocycles. The molecular weight excluding hydrogens is 360 g/mol. The van der Waals surface area contributed by atoms with Crippen molar-refractivity contribution in [3.8, 4) is 0 Å². The first kappa shape index (κ1) is 20.2. The Morgan fingerprint density at radius 3 is 1.90 bits per heavy atom. The molecule has 4 rings (SSSR count). The normalized spacial score (nSPS) is 10.2. The summed E-state index contributed by atoms with van der Waals surface area (Å²) in [7, 11) is 0. The van der Waals surface area contributed by atoms with E-state index in [9.17, 15) is 4.79 Å². The Balaban J connectivity index is 0.000000431. The van der Waals surface area contributed by atoms with Crippen molar-refractivity contribution >= 4 is 16.7 Å². The van der Waals surface area contributed by atoms with E-state index >= 15 is 0 Å². The zero-order valence-electron chi connectivity index (χ0n) is 16.2. The van der Waals surface area contributed by atoms with Gasteiger partial charge < -0.3 is 10.8 Å². The number of hydrogen-bond acceptors (Lipinski definition) is 3. The maximum atomic E-state index is 9.24. The van der Waals surface area contributed by atoms with Crippen LogP contribution in [0.3, 0.4) is 0 Å². The van der Waals surface area contributed by atoms with Gasteiger partial charge in [-0.1, -0.05) is 84.9 Å². The molecule has 0 aliphatic rings. The number of nitrogens with zero attached hydrogens (tertiary/aromatic N) is 1. The predicted octanol–water partition coefficient (Wildman–Crippen LogP) is 4.45. The lowest BCUT2D eigenvalue weighted by molar-refractivity contribution is -0.135. The fraction of sp³-hybridized carbons (Fsp3) is 0.120. The minimum atomic E-state index is -0.968. The van der Waals surface area contributed by atoms with Gasteiger partial charge >= 0.3 is 5.97 Å². The quantitative estimate of drug-likeness (QED) is 0.533. The highest BCUT2D eigenvalue weighted by Gasteiger charge is 2.07. The third-order valence-corrected chi connectivity index (χ3v) is 4.49. The summed E-state index contributed by atoms with van der Waals surface area (Å²) >= 11 is 0. The van der Waals surface area contributed by atoms with Gasteiger partial charge in [0.15, 0.2) is 0 Å². The van der Waals surface area contributed by atoms with Crippen LogP contribution in [0.5, 0.6) is 0 Å². The molecule has 4 aromatic rings. The lowest BCUT2D eigenvalue weighted by Crippen LogP contribution is -2.10. The number of benzene rings is 3. The fourth-order valence-electron chi connectivity index (χ4n) is 3.15. The van der Waals surface area contributed by atoms with Crippen molar-refractivity contribution in [2.75, 3.05) is 6.54 Å². The molecule has 3 aromatic carbocycles. The van der Waals surface area contributed by atoms with Gasteiger partial charge in [-0.25, -0.2) is 0 Å². The van der Waals surface area contributed by atoms with E-state index in [-0.39, 0.29) is 6.54 Å². The van der Waals surface area contributed by atoms with Crippen LogP contribution in [-0.4, -0.2) is 22.6 Å². The van der Waals surface area contributed by atoms with Gasteiger partial charge in [0.25, 0.3) is 0 Å². The van der Waals surface area contributed by atoms with Gasteiger partial charge in [0, 0.05) is 23.9 Å². The molecule has 0 saturated carbocycles. The van der Waals surface area contributed by atoms with E-state index in [2.05, 4.69) is 96.7 Å². The van der Waals surface area contributed by atoms with Crippen molar-refractivity contribution in [1.82, 2.24) is 4.98 Å². The van der Waals surface area contributed by atoms with Gasteiger partial charge in [-0.3, -0.25) is 9.78 Å². The number of pyridine rings is 1. The SMILES string of the molecule is NCC(=O)O.c1ccc(Cc2cc3ccccc3c(Cc3ccccc3)n2)cc1. The van der Waals surface area contributed by atoms with Gasteiger partial charge in [0.1, 0.15) is 0 Å². The number of fused-ring (bicyclic) bond motifs is 1. The van der Waals surface area contributed by atoms with Crippen molar-refractivity contribution in [3.63, 3.8) is 0 Å². The molecule has 0 unspecified atom stereocenters. The smallest absolute Gasteiger partial charge is 0.317 e. The van der Waals surface area contributed by atoms with E-state index in [1.165, 1.54) is 21.9 Å². The van der Waals surface area contributed by atoms with Crippen LogP contribution < -0.4 is 5.73 Å². The second-order valence-electron chi connectivity index (χ2n) is 6.70. The van der Waals surface area contributed by atoms with Crippen molar-refractivity contribution in [2.24, 2.45) is 5.73 Å². The summed E-state index contributed by atoms with van der Waals surface area (Å²) in [6, 6.07) is 31.9. The fourth-order valence-corrected chi connectivity index (χ4v) is 3.15. The number of carboxylic acids is 1. The third-order valence-electron chi connectivity index (χ3n) is 4.49. The number of carbonyl (C=O) groups is 1. The van der Waals surface area contributed by atoms with Crippen molar-refractivity contribution in [2.45, 2.75) is 12.8 Å². The molecule has 0 amide bonds. The predicted molar refractivity (Wildman–Crippen MR) is 117 cm³/mol. The van der Waals surface area contributed by atoms with E-state index in [1.807, 2.05) is 0 Å². The first-order chi connectivity index (χ1) is 14.2. The number of hydrogen-bond donors (Lipinski definition) is 2. The van der Waals surface area contributed by atoms with E-state index in [4.69, 9.17) is 10.1 Å². The van der Waals surface area contributed by atoms with Gasteiger partial charge in [-0.2, -0.15) is 0 Å². The summed E-state index contributed by atoms with van der Waals surface area (Å²) in [5.74, 6) is -0.968. The molecule has 0 bridgehead atoms. The molecule has 0 saturated heterocycles. The molecule has 4 heteroatoms. The minimum absolute atomic E-state index is 0.278. The van der Waals surface area contributed by atoms with Crippen molar-refractivity contribution in [3.05, 3.63) is 114 Å². The maximum absolute atomic E-state index is 9.24. The molecule has 0 radical (unpaired) electrons. The van der Waals surface area contributed by atoms with Crippen LogP contribution in [0.25, 0.3) is 10.8 Å². The van der Waals surface area contributed by atoms with Crippen LogP contribution in [0.2, 0.25) is 0 Å². The second kappa shape index (κ2) is 10.2. The lowest BCUT2D eigenvalue weighted by atomic mass is 10.0. The van der Waals surface area contributed by atoms with Crippen molar-refractivity contribution < 1.29 is 9.90 Å². The Kier molecular flexibility index (Phi) is 7.09. The van der Waals surface area contributed by atoms with E-state index in [0.29, 0.717) is 0 Å². The molecule has 0 spiro atoms. The van der Waals surface area contributed by atoms with E-state index in [1.54, 1.807) is 0 Å². The summed E-state index contributed by atoms with van der Waals surface area (Å²) in [4.78, 5) is 14.2. The summed E-state index contributed by atoms with van der Waals surface area (Å²) in [5, 5.41) is 10.1. The van der Waals surface area contributed by atoms with Crippen molar-refractivity contribution in [1.29, 1.82) is 0 Å². The number of rotatable bonds is 5. The zero-order valence-corrected chi connectivity index (χ0v) is 16.2. The highest BCUT2D eigenvalue weighted by Crippen LogP contribution is 2.22. The molecule has 0 atom stereocenters.